The van der Waals surface area contributed by atoms with Crippen LogP contribution in [0.5, 0.6) is 0 Å². The second kappa shape index (κ2) is 17.9. The Morgan fingerprint density at radius 1 is 0.932 bits per heavy atom. The summed E-state index contributed by atoms with van der Waals surface area (Å²) < 4.78 is 34.2. The molecular weight excluding hydrogens is 594 g/mol. The number of aromatic nitrogens is 1. The fourth-order valence-electron chi connectivity index (χ4n) is 4.27. The van der Waals surface area contributed by atoms with E-state index in [1.807, 2.05) is 41.5 Å². The van der Waals surface area contributed by atoms with Gasteiger partial charge in [-0.1, -0.05) is 48.5 Å². The summed E-state index contributed by atoms with van der Waals surface area (Å²) in [4.78, 5) is 55.3. The molecule has 1 aromatic rings. The van der Waals surface area contributed by atoms with Gasteiger partial charge >= 0.3 is 6.09 Å². The molecule has 0 fully saturated rings. The van der Waals surface area contributed by atoms with Crippen molar-refractivity contribution in [2.24, 2.45) is 23.7 Å². The van der Waals surface area contributed by atoms with Crippen molar-refractivity contribution >= 4 is 33.7 Å². The molecule has 0 saturated heterocycles. The van der Waals surface area contributed by atoms with Crippen LogP contribution in [0, 0.1) is 30.6 Å². The Kier molecular flexibility index (Phi) is 15.8. The average Bonchev–Trinajstić information content (AvgIpc) is 3.31. The van der Waals surface area contributed by atoms with Crippen molar-refractivity contribution in [3.8, 4) is 0 Å². The molecular formula is C29H51N5O9S. The molecule has 0 aliphatic rings. The molecule has 1 rings (SSSR count). The first-order chi connectivity index (χ1) is 20.3. The number of rotatable bonds is 18. The predicted molar refractivity (Wildman–Crippen MR) is 164 cm³/mol. The SMILES string of the molecule is Cc1nc(COC(=O)N[C@@H](CS(C)(=O)=O)C(=O)N[C@@H](CC(C)C)[C@@H](O)C[C@@H](C)C(=O)N[C@H](C(=O)NCC(C)C)C(C)C)co1. The Labute approximate surface area is 260 Å². The fourth-order valence-corrected chi connectivity index (χ4v) is 5.11. The Morgan fingerprint density at radius 2 is 1.57 bits per heavy atom. The third-order valence-electron chi connectivity index (χ3n) is 6.59. The number of nitrogens with one attached hydrogen (secondary N) is 4. The number of aryl methyl sites for hydroxylation is 1. The maximum absolute atomic E-state index is 13.2. The Hall–Kier alpha value is -3.20. The maximum atomic E-state index is 13.2. The van der Waals surface area contributed by atoms with Gasteiger partial charge in [0.1, 0.15) is 40.5 Å². The van der Waals surface area contributed by atoms with Crippen molar-refractivity contribution < 1.29 is 41.9 Å². The number of aliphatic hydroxyl groups is 1. The lowest BCUT2D eigenvalue weighted by Gasteiger charge is -2.30. The number of carbonyl (C=O) groups is 4. The first kappa shape index (κ1) is 38.8. The van der Waals surface area contributed by atoms with E-state index in [2.05, 4.69) is 26.3 Å². The number of sulfone groups is 1. The van der Waals surface area contributed by atoms with E-state index in [4.69, 9.17) is 9.15 Å². The van der Waals surface area contributed by atoms with Crippen molar-refractivity contribution in [1.29, 1.82) is 0 Å². The largest absolute Gasteiger partial charge is 0.449 e. The van der Waals surface area contributed by atoms with Crippen LogP contribution in [0.3, 0.4) is 0 Å². The van der Waals surface area contributed by atoms with Crippen molar-refractivity contribution in [1.82, 2.24) is 26.3 Å². The van der Waals surface area contributed by atoms with Gasteiger partial charge in [-0.05, 0) is 30.6 Å². The summed E-state index contributed by atoms with van der Waals surface area (Å²) in [5, 5.41) is 21.6. The highest BCUT2D eigenvalue weighted by Crippen LogP contribution is 2.17. The van der Waals surface area contributed by atoms with E-state index in [0.717, 1.165) is 6.26 Å². The van der Waals surface area contributed by atoms with Gasteiger partial charge in [-0.25, -0.2) is 18.2 Å². The van der Waals surface area contributed by atoms with Crippen LogP contribution in [0.15, 0.2) is 10.7 Å². The van der Waals surface area contributed by atoms with E-state index < -0.39 is 63.6 Å². The van der Waals surface area contributed by atoms with E-state index in [0.29, 0.717) is 24.6 Å². The van der Waals surface area contributed by atoms with Gasteiger partial charge in [-0.15, -0.1) is 0 Å². The van der Waals surface area contributed by atoms with Crippen LogP contribution in [0.2, 0.25) is 0 Å². The quantitative estimate of drug-likeness (QED) is 0.155. The molecule has 1 heterocycles. The molecule has 0 radical (unpaired) electrons. The summed E-state index contributed by atoms with van der Waals surface area (Å²) in [7, 11) is -3.73. The molecule has 252 valence electrons. The van der Waals surface area contributed by atoms with E-state index in [-0.39, 0.29) is 36.7 Å². The Morgan fingerprint density at radius 3 is 2.07 bits per heavy atom. The van der Waals surface area contributed by atoms with Crippen molar-refractivity contribution in [2.45, 2.75) is 99.1 Å². The minimum Gasteiger partial charge on any atom is -0.449 e. The van der Waals surface area contributed by atoms with E-state index in [1.54, 1.807) is 13.8 Å². The average molecular weight is 646 g/mol. The highest BCUT2D eigenvalue weighted by atomic mass is 32.2. The molecule has 0 aliphatic heterocycles. The molecule has 1 aromatic heterocycles. The third-order valence-corrected chi connectivity index (χ3v) is 7.53. The molecule has 14 nitrogen and oxygen atoms in total. The predicted octanol–water partition coefficient (Wildman–Crippen LogP) is 1.45. The molecule has 0 aliphatic carbocycles. The van der Waals surface area contributed by atoms with Crippen LogP contribution in [0.25, 0.3) is 0 Å². The topological polar surface area (TPSA) is 206 Å². The second-order valence-corrected chi connectivity index (χ2v) is 14.7. The number of alkyl carbamates (subject to hydrolysis) is 1. The summed E-state index contributed by atoms with van der Waals surface area (Å²) in [6.45, 7) is 14.7. The number of ether oxygens (including phenoxy) is 1. The van der Waals surface area contributed by atoms with Crippen molar-refractivity contribution in [2.75, 3.05) is 18.6 Å². The number of amides is 4. The summed E-state index contributed by atoms with van der Waals surface area (Å²) in [6.07, 6.45) is 0.230. The van der Waals surface area contributed by atoms with E-state index in [9.17, 15) is 32.7 Å². The summed E-state index contributed by atoms with van der Waals surface area (Å²) in [6, 6.07) is -3.15. The Balaban J connectivity index is 2.95. The van der Waals surface area contributed by atoms with Crippen LogP contribution in [0.1, 0.15) is 72.9 Å². The number of hydrogen-bond donors (Lipinski definition) is 5. The molecule has 0 unspecified atom stereocenters. The monoisotopic (exact) mass is 645 g/mol. The summed E-state index contributed by atoms with van der Waals surface area (Å²) in [5.41, 5.74) is 0.330. The van der Waals surface area contributed by atoms with Crippen LogP contribution in [0.4, 0.5) is 4.79 Å². The van der Waals surface area contributed by atoms with E-state index in [1.165, 1.54) is 6.26 Å². The lowest BCUT2D eigenvalue weighted by atomic mass is 9.91. The first-order valence-electron chi connectivity index (χ1n) is 14.9. The molecule has 0 aromatic carbocycles. The van der Waals surface area contributed by atoms with Crippen molar-refractivity contribution in [3.05, 3.63) is 17.8 Å². The fraction of sp³-hybridized carbons (Fsp3) is 0.759. The number of carbonyl (C=O) groups excluding carboxylic acids is 4. The van der Waals surface area contributed by atoms with Gasteiger partial charge in [0.15, 0.2) is 5.89 Å². The van der Waals surface area contributed by atoms with E-state index >= 15 is 0 Å². The van der Waals surface area contributed by atoms with Crippen LogP contribution < -0.4 is 21.3 Å². The molecule has 0 bridgehead atoms. The Bertz CT molecular complexity index is 1200. The standard InChI is InChI=1S/C29H51N5O9S/c1-16(2)10-22(24(35)11-19(7)26(36)34-25(18(5)6)28(38)30-12-17(3)4)32-27(37)23(15-44(9,40)41)33-29(39)43-14-21-13-42-20(8)31-21/h13,16-19,22-25,35H,10-12,14-15H2,1-9H3,(H,30,38)(H,32,37)(H,33,39)(H,34,36)/t19-,22+,23+,24+,25+/m1/s1. The number of oxazole rings is 1. The van der Waals surface area contributed by atoms with Gasteiger partial charge < -0.3 is 35.5 Å². The van der Waals surface area contributed by atoms with Crippen LogP contribution in [-0.2, 0) is 35.6 Å². The third kappa shape index (κ3) is 15.0. The maximum Gasteiger partial charge on any atom is 0.408 e. The molecule has 44 heavy (non-hydrogen) atoms. The zero-order chi connectivity index (χ0) is 33.8. The molecule has 0 spiro atoms. The normalized spacial score (nSPS) is 15.3. The van der Waals surface area contributed by atoms with Crippen LogP contribution >= 0.6 is 0 Å². The van der Waals surface area contributed by atoms with Gasteiger partial charge in [0, 0.05) is 25.6 Å². The zero-order valence-electron chi connectivity index (χ0n) is 27.3. The molecule has 0 saturated carbocycles. The molecule has 4 amide bonds. The lowest BCUT2D eigenvalue weighted by Crippen LogP contribution is -2.55. The van der Waals surface area contributed by atoms with Gasteiger partial charge in [-0.2, -0.15) is 0 Å². The van der Waals surface area contributed by atoms with Crippen molar-refractivity contribution in [3.63, 3.8) is 0 Å². The van der Waals surface area contributed by atoms with Crippen LogP contribution in [-0.4, -0.2) is 85.1 Å². The molecule has 5 N–H and O–H groups in total. The van der Waals surface area contributed by atoms with Gasteiger partial charge in [0.05, 0.1) is 17.9 Å². The summed E-state index contributed by atoms with van der Waals surface area (Å²) >= 11 is 0. The molecule has 5 atom stereocenters. The first-order valence-corrected chi connectivity index (χ1v) is 16.9. The lowest BCUT2D eigenvalue weighted by molar-refractivity contribution is -0.132. The van der Waals surface area contributed by atoms with Gasteiger partial charge in [0.25, 0.3) is 0 Å². The zero-order valence-corrected chi connectivity index (χ0v) is 28.1. The van der Waals surface area contributed by atoms with Gasteiger partial charge in [-0.3, -0.25) is 14.4 Å². The highest BCUT2D eigenvalue weighted by Gasteiger charge is 2.33. The minimum atomic E-state index is -3.73. The number of nitrogens with zero attached hydrogens (tertiary/aromatic N) is 1. The highest BCUT2D eigenvalue weighted by molar-refractivity contribution is 7.90. The second-order valence-electron chi connectivity index (χ2n) is 12.5. The number of aliphatic hydroxyl groups excluding tert-OH is 1. The summed E-state index contributed by atoms with van der Waals surface area (Å²) in [5.74, 6) is -2.57. The van der Waals surface area contributed by atoms with Gasteiger partial charge in [0.2, 0.25) is 17.7 Å². The minimum absolute atomic E-state index is 0.00579. The smallest absolute Gasteiger partial charge is 0.408 e. The molecule has 15 heteroatoms. The number of hydrogen-bond acceptors (Lipinski definition) is 10.